The maximum Gasteiger partial charge on any atom is 0.420 e. The fraction of sp³-hybridized carbons (Fsp3) is 0.200. The smallest absolute Gasteiger partial charge is 0.420 e. The molecule has 0 saturated carbocycles. The van der Waals surface area contributed by atoms with Gasteiger partial charge in [0.25, 0.3) is 0 Å². The molecule has 0 aliphatic rings. The van der Waals surface area contributed by atoms with E-state index in [1.165, 1.54) is 0 Å². The average molecular weight is 392 g/mol. The van der Waals surface area contributed by atoms with E-state index in [-0.39, 0.29) is 16.3 Å². The van der Waals surface area contributed by atoms with E-state index in [1.807, 2.05) is 0 Å². The van der Waals surface area contributed by atoms with Crippen molar-refractivity contribution in [3.8, 4) is 0 Å². The lowest BCUT2D eigenvalue weighted by Gasteiger charge is -2.10. The molecule has 0 spiro atoms. The Balaban J connectivity index is 2.50. The molecule has 1 N–H and O–H groups in total. The van der Waals surface area contributed by atoms with Crippen LogP contribution >= 0.6 is 11.6 Å². The van der Waals surface area contributed by atoms with Gasteiger partial charge < -0.3 is 5.11 Å². The van der Waals surface area contributed by atoms with Gasteiger partial charge in [-0.15, -0.1) is 0 Å². The summed E-state index contributed by atoms with van der Waals surface area (Å²) < 4.78 is 53.8. The van der Waals surface area contributed by atoms with Gasteiger partial charge in [-0.2, -0.15) is 18.3 Å². The summed E-state index contributed by atoms with van der Waals surface area (Å²) in [5.41, 5.74) is -4.00. The molecule has 0 unspecified atom stereocenters. The maximum absolute atomic E-state index is 13.3. The summed E-state index contributed by atoms with van der Waals surface area (Å²) in [7, 11) is 1.05. The first-order valence-corrected chi connectivity index (χ1v) is 7.21. The molecule has 11 heteroatoms. The van der Waals surface area contributed by atoms with E-state index < -0.39 is 47.1 Å². The second kappa shape index (κ2) is 6.87. The Kier molecular flexibility index (Phi) is 5.17. The van der Waals surface area contributed by atoms with E-state index >= 15 is 0 Å². The molecule has 2 aromatic rings. The normalized spacial score (nSPS) is 11.5. The standard InChI is InChI=1S/C15H10ClF4N3O3/c1-6(17)12-11(15(18,19)20)13(23(2)22-12)10(24)4-7-3-8(14(25)26)9(16)5-21-7/h3,5H,1,4H2,2H3,(H,25,26). The third-order valence-electron chi connectivity index (χ3n) is 3.34. The number of halogens is 5. The fourth-order valence-electron chi connectivity index (χ4n) is 2.29. The van der Waals surface area contributed by atoms with Crippen molar-refractivity contribution in [2.75, 3.05) is 0 Å². The number of hydrogen-bond donors (Lipinski definition) is 1. The van der Waals surface area contributed by atoms with E-state index in [0.717, 1.165) is 19.3 Å². The molecule has 0 bridgehead atoms. The number of hydrogen-bond acceptors (Lipinski definition) is 4. The zero-order valence-electron chi connectivity index (χ0n) is 13.1. The first-order valence-electron chi connectivity index (χ1n) is 6.83. The van der Waals surface area contributed by atoms with Gasteiger partial charge >= 0.3 is 12.1 Å². The first kappa shape index (κ1) is 19.6. The van der Waals surface area contributed by atoms with Gasteiger partial charge in [-0.05, 0) is 6.07 Å². The van der Waals surface area contributed by atoms with Gasteiger partial charge in [0.15, 0.2) is 5.78 Å². The third kappa shape index (κ3) is 3.74. The minimum absolute atomic E-state index is 0.119. The van der Waals surface area contributed by atoms with Gasteiger partial charge in [0.1, 0.15) is 22.8 Å². The van der Waals surface area contributed by atoms with Crippen LogP contribution in [0.15, 0.2) is 18.8 Å². The lowest BCUT2D eigenvalue weighted by atomic mass is 10.0. The second-order valence-corrected chi connectivity index (χ2v) is 5.57. The van der Waals surface area contributed by atoms with Crippen molar-refractivity contribution < 1.29 is 32.3 Å². The molecule has 0 aliphatic carbocycles. The van der Waals surface area contributed by atoms with Crippen molar-refractivity contribution in [1.29, 1.82) is 0 Å². The van der Waals surface area contributed by atoms with Crippen LogP contribution in [0, 0.1) is 0 Å². The summed E-state index contributed by atoms with van der Waals surface area (Å²) in [5, 5.41) is 12.2. The number of nitrogens with zero attached hydrogens (tertiary/aromatic N) is 3. The highest BCUT2D eigenvalue weighted by Gasteiger charge is 2.42. The number of alkyl halides is 3. The molecule has 0 saturated heterocycles. The minimum atomic E-state index is -5.05. The molecule has 2 aromatic heterocycles. The highest BCUT2D eigenvalue weighted by Crippen LogP contribution is 2.37. The molecule has 6 nitrogen and oxygen atoms in total. The quantitative estimate of drug-likeness (QED) is 0.622. The maximum atomic E-state index is 13.3. The van der Waals surface area contributed by atoms with Crippen LogP contribution in [-0.2, 0) is 19.6 Å². The van der Waals surface area contributed by atoms with Gasteiger partial charge in [0.2, 0.25) is 0 Å². The Labute approximate surface area is 148 Å². The van der Waals surface area contributed by atoms with E-state index in [1.54, 1.807) is 0 Å². The van der Waals surface area contributed by atoms with Crippen LogP contribution in [0.5, 0.6) is 0 Å². The van der Waals surface area contributed by atoms with E-state index in [0.29, 0.717) is 4.68 Å². The summed E-state index contributed by atoms with van der Waals surface area (Å²) in [6, 6.07) is 0.973. The van der Waals surface area contributed by atoms with Crippen LogP contribution in [0.25, 0.3) is 5.83 Å². The third-order valence-corrected chi connectivity index (χ3v) is 3.64. The Morgan fingerprint density at radius 2 is 2.00 bits per heavy atom. The average Bonchev–Trinajstić information content (AvgIpc) is 2.87. The summed E-state index contributed by atoms with van der Waals surface area (Å²) >= 11 is 5.65. The van der Waals surface area contributed by atoms with E-state index in [2.05, 4.69) is 16.7 Å². The monoisotopic (exact) mass is 391 g/mol. The summed E-state index contributed by atoms with van der Waals surface area (Å²) in [5.74, 6) is -3.91. The molecule has 2 rings (SSSR count). The Bertz CT molecular complexity index is 922. The number of carbonyl (C=O) groups is 2. The zero-order valence-corrected chi connectivity index (χ0v) is 13.8. The minimum Gasteiger partial charge on any atom is -0.478 e. The van der Waals surface area contributed by atoms with Gasteiger partial charge in [0, 0.05) is 18.9 Å². The van der Waals surface area contributed by atoms with Crippen LogP contribution in [0.4, 0.5) is 17.6 Å². The largest absolute Gasteiger partial charge is 0.478 e. The van der Waals surface area contributed by atoms with Crippen molar-refractivity contribution in [1.82, 2.24) is 14.8 Å². The number of aromatic carboxylic acids is 1. The predicted octanol–water partition coefficient (Wildman–Crippen LogP) is 3.55. The van der Waals surface area contributed by atoms with Crippen molar-refractivity contribution in [3.63, 3.8) is 0 Å². The molecule has 138 valence electrons. The topological polar surface area (TPSA) is 85.1 Å². The Morgan fingerprint density at radius 1 is 1.38 bits per heavy atom. The predicted molar refractivity (Wildman–Crippen MR) is 82.6 cm³/mol. The lowest BCUT2D eigenvalue weighted by molar-refractivity contribution is -0.138. The molecule has 0 aromatic carbocycles. The van der Waals surface area contributed by atoms with E-state index in [9.17, 15) is 27.2 Å². The van der Waals surface area contributed by atoms with Crippen molar-refractivity contribution in [3.05, 3.63) is 52.1 Å². The molecule has 0 radical (unpaired) electrons. The van der Waals surface area contributed by atoms with Crippen LogP contribution in [-0.4, -0.2) is 31.6 Å². The lowest BCUT2D eigenvalue weighted by Crippen LogP contribution is -2.18. The van der Waals surface area contributed by atoms with Crippen LogP contribution in [0.3, 0.4) is 0 Å². The number of rotatable bonds is 5. The highest BCUT2D eigenvalue weighted by molar-refractivity contribution is 6.33. The number of carboxylic acid groups (broad SMARTS) is 1. The Morgan fingerprint density at radius 3 is 2.50 bits per heavy atom. The van der Waals surface area contributed by atoms with E-state index in [4.69, 9.17) is 16.7 Å². The molecule has 0 amide bonds. The number of aromatic nitrogens is 3. The number of pyridine rings is 1. The van der Waals surface area contributed by atoms with Gasteiger partial charge in [-0.25, -0.2) is 9.18 Å². The van der Waals surface area contributed by atoms with Crippen LogP contribution in [0.1, 0.15) is 37.8 Å². The highest BCUT2D eigenvalue weighted by atomic mass is 35.5. The first-order chi connectivity index (χ1) is 11.9. The molecular weight excluding hydrogens is 382 g/mol. The van der Waals surface area contributed by atoms with Gasteiger partial charge in [0.05, 0.1) is 17.0 Å². The second-order valence-electron chi connectivity index (χ2n) is 5.16. The molecule has 0 aliphatic heterocycles. The number of Topliss-reactive ketones (excluding diaryl/α,β-unsaturated/α-hetero) is 1. The number of ketones is 1. The van der Waals surface area contributed by atoms with Crippen molar-refractivity contribution in [2.45, 2.75) is 12.6 Å². The SMILES string of the molecule is C=C(F)c1nn(C)c(C(=O)Cc2cc(C(=O)O)c(Cl)cn2)c1C(F)(F)F. The van der Waals surface area contributed by atoms with Crippen LogP contribution in [0.2, 0.25) is 5.02 Å². The van der Waals surface area contributed by atoms with Crippen molar-refractivity contribution >= 4 is 29.2 Å². The molecule has 0 fully saturated rings. The Hall–Kier alpha value is -2.75. The van der Waals surface area contributed by atoms with Gasteiger partial charge in [-0.3, -0.25) is 14.5 Å². The molecule has 0 atom stereocenters. The summed E-state index contributed by atoms with van der Waals surface area (Å²) in [6.07, 6.45) is -4.75. The fourth-order valence-corrected chi connectivity index (χ4v) is 2.48. The zero-order chi connectivity index (χ0) is 19.8. The summed E-state index contributed by atoms with van der Waals surface area (Å²) in [4.78, 5) is 27.1. The van der Waals surface area contributed by atoms with Crippen LogP contribution < -0.4 is 0 Å². The van der Waals surface area contributed by atoms with Gasteiger partial charge in [-0.1, -0.05) is 18.2 Å². The molecular formula is C15H10ClF4N3O3. The molecule has 2 heterocycles. The van der Waals surface area contributed by atoms with Crippen molar-refractivity contribution in [2.24, 2.45) is 7.05 Å². The number of aryl methyl sites for hydroxylation is 1. The molecule has 26 heavy (non-hydrogen) atoms. The number of carboxylic acids is 1. The summed E-state index contributed by atoms with van der Waals surface area (Å²) in [6.45, 7) is 2.79. The number of carbonyl (C=O) groups excluding carboxylic acids is 1.